The molecule has 4 fully saturated rings. The van der Waals surface area contributed by atoms with E-state index in [1.54, 1.807) is 5.56 Å². The van der Waals surface area contributed by atoms with Gasteiger partial charge in [-0.1, -0.05) is 170 Å². The van der Waals surface area contributed by atoms with Crippen LogP contribution in [0, 0.1) is 17.8 Å². The molecule has 0 amide bonds. The quantitative estimate of drug-likeness (QED) is 0.160. The van der Waals surface area contributed by atoms with Crippen LogP contribution in [0.5, 0.6) is 0 Å². The van der Waals surface area contributed by atoms with Gasteiger partial charge in [-0.15, -0.1) is 0 Å². The molecule has 11 aromatic rings. The second-order valence-corrected chi connectivity index (χ2v) is 20.0. The molecule has 4 aliphatic rings. The highest BCUT2D eigenvalue weighted by Crippen LogP contribution is 2.61. The Balaban J connectivity index is 0.822. The van der Waals surface area contributed by atoms with Crippen molar-refractivity contribution in [1.29, 1.82) is 0 Å². The van der Waals surface area contributed by atoms with Gasteiger partial charge in [0.15, 0.2) is 5.82 Å². The molecule has 0 spiro atoms. The van der Waals surface area contributed by atoms with E-state index in [0.29, 0.717) is 11.2 Å². The second-order valence-electron chi connectivity index (χ2n) is 20.0. The first-order valence-electron chi connectivity index (χ1n) is 24.3. The minimum atomic E-state index is 0.403. The molecule has 0 N–H and O–H groups in total. The zero-order chi connectivity index (χ0) is 44.1. The Labute approximate surface area is 391 Å². The van der Waals surface area contributed by atoms with Crippen LogP contribution in [0.2, 0.25) is 0 Å². The van der Waals surface area contributed by atoms with Crippen LogP contribution >= 0.6 is 0 Å². The fourth-order valence-electron chi connectivity index (χ4n) is 13.3. The van der Waals surface area contributed by atoms with E-state index in [2.05, 4.69) is 211 Å². The average molecular weight is 860 g/mol. The van der Waals surface area contributed by atoms with Gasteiger partial charge in [-0.3, -0.25) is 0 Å². The maximum absolute atomic E-state index is 5.29. The summed E-state index contributed by atoms with van der Waals surface area (Å²) in [6, 6.07) is 75.6. The first-order valence-corrected chi connectivity index (χ1v) is 24.3. The van der Waals surface area contributed by atoms with E-state index in [1.807, 2.05) is 0 Å². The lowest BCUT2D eigenvalue weighted by molar-refractivity contribution is -0.00518. The van der Waals surface area contributed by atoms with Crippen LogP contribution in [0.25, 0.3) is 105 Å². The normalized spacial score (nSPS) is 19.8. The molecule has 9 aromatic carbocycles. The summed E-state index contributed by atoms with van der Waals surface area (Å²) in [5.41, 5.74) is 15.4. The first-order chi connectivity index (χ1) is 33.1. The molecule has 0 radical (unpaired) electrons. The minimum absolute atomic E-state index is 0.403. The Morgan fingerprint density at radius 2 is 0.940 bits per heavy atom. The highest BCUT2D eigenvalue weighted by Gasteiger charge is 2.51. The van der Waals surface area contributed by atoms with Crippen molar-refractivity contribution >= 4 is 43.4 Å². The fourth-order valence-corrected chi connectivity index (χ4v) is 13.3. The van der Waals surface area contributed by atoms with E-state index in [4.69, 9.17) is 9.97 Å². The van der Waals surface area contributed by atoms with E-state index in [9.17, 15) is 0 Å². The number of aromatic nitrogens is 3. The van der Waals surface area contributed by atoms with Crippen molar-refractivity contribution in [2.45, 2.75) is 43.9 Å². The molecular formula is C64H49N3. The first kappa shape index (κ1) is 38.6. The summed E-state index contributed by atoms with van der Waals surface area (Å²) < 4.78 is 2.41. The summed E-state index contributed by atoms with van der Waals surface area (Å²) in [5, 5.41) is 7.54. The predicted molar refractivity (Wildman–Crippen MR) is 278 cm³/mol. The third-order valence-corrected chi connectivity index (χ3v) is 16.0. The lowest BCUT2D eigenvalue weighted by atomic mass is 9.48. The molecule has 2 aromatic heterocycles. The number of hydrogen-bond acceptors (Lipinski definition) is 2. The molecule has 15 rings (SSSR count). The molecule has 2 heterocycles. The van der Waals surface area contributed by atoms with Crippen molar-refractivity contribution < 1.29 is 0 Å². The average Bonchev–Trinajstić information content (AvgIpc) is 3.73. The topological polar surface area (TPSA) is 30.7 Å². The van der Waals surface area contributed by atoms with E-state index in [1.165, 1.54) is 104 Å². The van der Waals surface area contributed by atoms with E-state index in [-0.39, 0.29) is 0 Å². The maximum atomic E-state index is 5.29. The van der Waals surface area contributed by atoms with Gasteiger partial charge in [-0.05, 0) is 142 Å². The maximum Gasteiger partial charge on any atom is 0.160 e. The second kappa shape index (κ2) is 15.2. The Morgan fingerprint density at radius 3 is 1.61 bits per heavy atom. The van der Waals surface area contributed by atoms with Gasteiger partial charge >= 0.3 is 0 Å². The van der Waals surface area contributed by atoms with E-state index < -0.39 is 0 Å². The number of rotatable bonds is 7. The SMILES string of the molecule is c1ccc(-c2cc(-c3ccc(-c4cccc5cccc(-c6ccc(C78CC9CC(CC(C9)C7)C8)cc6)c45)cc3)nc(-c3ccc(-n4c5ccccc5c5ccc6ccccc6c54)cc3)n2)cc1. The summed E-state index contributed by atoms with van der Waals surface area (Å²) in [6.07, 6.45) is 8.62. The van der Waals surface area contributed by atoms with Gasteiger partial charge in [0.05, 0.1) is 22.4 Å². The number of nitrogens with zero attached hydrogens (tertiary/aromatic N) is 3. The summed E-state index contributed by atoms with van der Waals surface area (Å²) in [7, 11) is 0. The molecule has 0 atom stereocenters. The highest BCUT2D eigenvalue weighted by atomic mass is 15.0. The molecule has 4 aliphatic carbocycles. The number of benzene rings is 9. The van der Waals surface area contributed by atoms with E-state index in [0.717, 1.165) is 51.5 Å². The van der Waals surface area contributed by atoms with Crippen LogP contribution in [0.3, 0.4) is 0 Å². The zero-order valence-corrected chi connectivity index (χ0v) is 37.4. The lowest BCUT2D eigenvalue weighted by Crippen LogP contribution is -2.48. The molecule has 0 aliphatic heterocycles. The number of fused-ring (bicyclic) bond motifs is 6. The van der Waals surface area contributed by atoms with Gasteiger partial charge < -0.3 is 4.57 Å². The summed E-state index contributed by atoms with van der Waals surface area (Å²) in [5.74, 6) is 3.53. The Hall–Kier alpha value is -7.62. The Bertz CT molecular complexity index is 3650. The molecule has 4 bridgehead atoms. The van der Waals surface area contributed by atoms with Crippen LogP contribution < -0.4 is 0 Å². The van der Waals surface area contributed by atoms with Crippen molar-refractivity contribution in [3.8, 4) is 61.8 Å². The van der Waals surface area contributed by atoms with Crippen LogP contribution in [-0.4, -0.2) is 14.5 Å². The lowest BCUT2D eigenvalue weighted by Gasteiger charge is -2.57. The smallest absolute Gasteiger partial charge is 0.160 e. The molecule has 67 heavy (non-hydrogen) atoms. The monoisotopic (exact) mass is 859 g/mol. The molecule has 0 saturated heterocycles. The standard InChI is InChI=1S/C64H49N3/c1-2-11-47(12-3-1)58-37-59(66-63(65-58)50-26-31-52(32-27-50)67-60-19-7-6-16-56(60)57-33-28-44-10-4-5-15-55(44)62(57)67)48-22-20-45(21-23-48)53-17-8-13-49-14-9-18-54(61(49)53)46-24-29-51(30-25-46)64-38-41-34-42(39-64)36-43(35-41)40-64/h1-33,37,41-43H,34-36,38-40H2. The summed E-state index contributed by atoms with van der Waals surface area (Å²) >= 11 is 0. The van der Waals surface area contributed by atoms with E-state index >= 15 is 0 Å². The predicted octanol–water partition coefficient (Wildman–Crippen LogP) is 16.7. The van der Waals surface area contributed by atoms with Crippen molar-refractivity contribution in [3.05, 3.63) is 212 Å². The third-order valence-electron chi connectivity index (χ3n) is 16.0. The minimum Gasteiger partial charge on any atom is -0.309 e. The Morgan fingerprint density at radius 1 is 0.403 bits per heavy atom. The molecule has 3 nitrogen and oxygen atoms in total. The number of hydrogen-bond donors (Lipinski definition) is 0. The largest absolute Gasteiger partial charge is 0.309 e. The molecule has 3 heteroatoms. The number of para-hydroxylation sites is 1. The Kier molecular flexibility index (Phi) is 8.78. The molecule has 320 valence electrons. The van der Waals surface area contributed by atoms with Crippen molar-refractivity contribution in [3.63, 3.8) is 0 Å². The van der Waals surface area contributed by atoms with Gasteiger partial charge in [-0.25, -0.2) is 9.97 Å². The van der Waals surface area contributed by atoms with Gasteiger partial charge in [0, 0.05) is 38.5 Å². The van der Waals surface area contributed by atoms with Gasteiger partial charge in [-0.2, -0.15) is 0 Å². The summed E-state index contributed by atoms with van der Waals surface area (Å²) in [4.78, 5) is 10.5. The summed E-state index contributed by atoms with van der Waals surface area (Å²) in [6.45, 7) is 0. The molecular weight excluding hydrogens is 811 g/mol. The van der Waals surface area contributed by atoms with Crippen molar-refractivity contribution in [2.75, 3.05) is 0 Å². The molecule has 4 saturated carbocycles. The van der Waals surface area contributed by atoms with Gasteiger partial charge in [0.2, 0.25) is 0 Å². The van der Waals surface area contributed by atoms with Crippen molar-refractivity contribution in [2.24, 2.45) is 17.8 Å². The van der Waals surface area contributed by atoms with Crippen LogP contribution in [0.15, 0.2) is 206 Å². The van der Waals surface area contributed by atoms with Crippen molar-refractivity contribution in [1.82, 2.24) is 14.5 Å². The van der Waals surface area contributed by atoms with Gasteiger partial charge in [0.25, 0.3) is 0 Å². The van der Waals surface area contributed by atoms with Crippen LogP contribution in [0.1, 0.15) is 44.1 Å². The fraction of sp³-hybridized carbons (Fsp3) is 0.156. The molecule has 0 unspecified atom stereocenters. The van der Waals surface area contributed by atoms with Gasteiger partial charge in [0.1, 0.15) is 0 Å². The third kappa shape index (κ3) is 6.39. The highest BCUT2D eigenvalue weighted by molar-refractivity contribution is 6.18. The zero-order valence-electron chi connectivity index (χ0n) is 37.4. The van der Waals surface area contributed by atoms with Crippen LogP contribution in [-0.2, 0) is 5.41 Å². The van der Waals surface area contributed by atoms with Crippen LogP contribution in [0.4, 0.5) is 0 Å².